The first-order valence-corrected chi connectivity index (χ1v) is 7.82. The predicted molar refractivity (Wildman–Crippen MR) is 81.0 cm³/mol. The number of halogens is 1. The first-order chi connectivity index (χ1) is 10.7. The molecule has 0 spiro atoms. The fourth-order valence-corrected chi connectivity index (χ4v) is 2.85. The van der Waals surface area contributed by atoms with Crippen molar-refractivity contribution in [1.29, 1.82) is 0 Å². The second kappa shape index (κ2) is 7.17. The van der Waals surface area contributed by atoms with Crippen molar-refractivity contribution in [3.8, 4) is 0 Å². The maximum absolute atomic E-state index is 13.4. The van der Waals surface area contributed by atoms with E-state index in [1.54, 1.807) is 6.07 Å². The van der Waals surface area contributed by atoms with E-state index in [0.29, 0.717) is 26.1 Å². The summed E-state index contributed by atoms with van der Waals surface area (Å²) in [6.45, 7) is 4.25. The summed E-state index contributed by atoms with van der Waals surface area (Å²) in [6, 6.07) is 6.38. The summed E-state index contributed by atoms with van der Waals surface area (Å²) in [5, 5.41) is 6.41. The van der Waals surface area contributed by atoms with Gasteiger partial charge in [-0.15, -0.1) is 0 Å². The number of rotatable bonds is 5. The fourth-order valence-electron chi connectivity index (χ4n) is 2.85. The molecule has 1 amide bonds. The van der Waals surface area contributed by atoms with Crippen LogP contribution in [0.3, 0.4) is 0 Å². The lowest BCUT2D eigenvalue weighted by molar-refractivity contribution is -0.136. The Morgan fingerprint density at radius 2 is 2.18 bits per heavy atom. The van der Waals surface area contributed by atoms with Crippen LogP contribution >= 0.6 is 0 Å². The van der Waals surface area contributed by atoms with Crippen molar-refractivity contribution < 1.29 is 13.9 Å². The maximum atomic E-state index is 13.4. The zero-order valence-corrected chi connectivity index (χ0v) is 12.6. The summed E-state index contributed by atoms with van der Waals surface area (Å²) in [5.74, 6) is -0.195. The van der Waals surface area contributed by atoms with Gasteiger partial charge in [-0.3, -0.25) is 4.79 Å². The summed E-state index contributed by atoms with van der Waals surface area (Å²) < 4.78 is 19.1. The van der Waals surface area contributed by atoms with Crippen LogP contribution in [0.2, 0.25) is 0 Å². The third-order valence-electron chi connectivity index (χ3n) is 4.21. The number of nitrogens with zero attached hydrogens (tertiary/aromatic N) is 1. The quantitative estimate of drug-likeness (QED) is 0.840. The van der Waals surface area contributed by atoms with Gasteiger partial charge in [-0.1, -0.05) is 12.1 Å². The van der Waals surface area contributed by atoms with Crippen molar-refractivity contribution in [3.05, 3.63) is 35.6 Å². The topological polar surface area (TPSA) is 53.6 Å². The van der Waals surface area contributed by atoms with Crippen molar-refractivity contribution in [3.63, 3.8) is 0 Å². The highest BCUT2D eigenvalue weighted by molar-refractivity contribution is 5.77. The summed E-state index contributed by atoms with van der Waals surface area (Å²) in [6.07, 6.45) is 0.623. The molecule has 1 atom stereocenters. The van der Waals surface area contributed by atoms with E-state index in [1.807, 2.05) is 11.0 Å². The molecule has 2 saturated heterocycles. The van der Waals surface area contributed by atoms with Crippen LogP contribution in [0.5, 0.6) is 0 Å². The highest BCUT2D eigenvalue weighted by Crippen LogP contribution is 2.23. The zero-order valence-electron chi connectivity index (χ0n) is 12.6. The van der Waals surface area contributed by atoms with E-state index in [-0.39, 0.29) is 23.9 Å². The lowest BCUT2D eigenvalue weighted by Gasteiger charge is -2.37. The molecule has 2 N–H and O–H groups in total. The molecule has 0 saturated carbocycles. The lowest BCUT2D eigenvalue weighted by atomic mass is 10.0. The maximum Gasteiger partial charge on any atom is 0.225 e. The Morgan fingerprint density at radius 3 is 2.91 bits per heavy atom. The molecule has 120 valence electrons. The van der Waals surface area contributed by atoms with Crippen molar-refractivity contribution >= 4 is 5.91 Å². The van der Waals surface area contributed by atoms with Crippen LogP contribution in [0.15, 0.2) is 24.3 Å². The SMILES string of the molecule is O=C(CCOC1CNC1)N1CCNCC1c1cccc(F)c1. The minimum atomic E-state index is -0.267. The number of benzene rings is 1. The Balaban J connectivity index is 1.60. The monoisotopic (exact) mass is 307 g/mol. The highest BCUT2D eigenvalue weighted by Gasteiger charge is 2.28. The number of carbonyl (C=O) groups is 1. The van der Waals surface area contributed by atoms with Crippen LogP contribution < -0.4 is 10.6 Å². The predicted octanol–water partition coefficient (Wildman–Crippen LogP) is 0.677. The van der Waals surface area contributed by atoms with Crippen LogP contribution in [0.25, 0.3) is 0 Å². The van der Waals surface area contributed by atoms with Crippen LogP contribution in [0.1, 0.15) is 18.0 Å². The van der Waals surface area contributed by atoms with Crippen LogP contribution in [0, 0.1) is 5.82 Å². The van der Waals surface area contributed by atoms with Gasteiger partial charge < -0.3 is 20.3 Å². The Kier molecular flexibility index (Phi) is 5.02. The van der Waals surface area contributed by atoms with Crippen molar-refractivity contribution in [1.82, 2.24) is 15.5 Å². The van der Waals surface area contributed by atoms with Gasteiger partial charge in [0, 0.05) is 32.7 Å². The number of hydrogen-bond donors (Lipinski definition) is 2. The van der Waals surface area contributed by atoms with E-state index in [4.69, 9.17) is 4.74 Å². The van der Waals surface area contributed by atoms with E-state index < -0.39 is 0 Å². The molecule has 1 aromatic carbocycles. The van der Waals surface area contributed by atoms with Gasteiger partial charge in [0.2, 0.25) is 5.91 Å². The molecule has 1 unspecified atom stereocenters. The Morgan fingerprint density at radius 1 is 1.32 bits per heavy atom. The van der Waals surface area contributed by atoms with E-state index in [1.165, 1.54) is 12.1 Å². The van der Waals surface area contributed by atoms with Gasteiger partial charge in [-0.25, -0.2) is 4.39 Å². The number of ether oxygens (including phenoxy) is 1. The molecule has 6 heteroatoms. The standard InChI is InChI=1S/C16H22FN3O2/c17-13-3-1-2-12(8-13)15-11-18-5-6-20(15)16(21)4-7-22-14-9-19-10-14/h1-3,8,14-15,18-19H,4-7,9-11H2. The molecule has 2 aliphatic rings. The average molecular weight is 307 g/mol. The van der Waals surface area contributed by atoms with Gasteiger partial charge in [0.25, 0.3) is 0 Å². The average Bonchev–Trinajstić information content (AvgIpc) is 2.49. The molecule has 0 aromatic heterocycles. The highest BCUT2D eigenvalue weighted by atomic mass is 19.1. The van der Waals surface area contributed by atoms with E-state index >= 15 is 0 Å². The second-order valence-corrected chi connectivity index (χ2v) is 5.76. The molecule has 5 nitrogen and oxygen atoms in total. The molecular formula is C16H22FN3O2. The van der Waals surface area contributed by atoms with Gasteiger partial charge >= 0.3 is 0 Å². The molecule has 2 aliphatic heterocycles. The number of hydrogen-bond acceptors (Lipinski definition) is 4. The molecular weight excluding hydrogens is 285 g/mol. The van der Waals surface area contributed by atoms with Gasteiger partial charge in [0.15, 0.2) is 0 Å². The third kappa shape index (κ3) is 3.63. The van der Waals surface area contributed by atoms with Crippen molar-refractivity contribution in [2.75, 3.05) is 39.3 Å². The molecule has 3 rings (SSSR count). The molecule has 0 bridgehead atoms. The van der Waals surface area contributed by atoms with Crippen LogP contribution in [-0.2, 0) is 9.53 Å². The lowest BCUT2D eigenvalue weighted by Crippen LogP contribution is -2.50. The second-order valence-electron chi connectivity index (χ2n) is 5.76. The van der Waals surface area contributed by atoms with E-state index in [2.05, 4.69) is 10.6 Å². The van der Waals surface area contributed by atoms with Crippen molar-refractivity contribution in [2.45, 2.75) is 18.6 Å². The Bertz CT molecular complexity index is 522. The van der Waals surface area contributed by atoms with Crippen LogP contribution in [-0.4, -0.2) is 56.2 Å². The van der Waals surface area contributed by atoms with Gasteiger partial charge in [0.05, 0.1) is 25.2 Å². The van der Waals surface area contributed by atoms with Gasteiger partial charge in [-0.2, -0.15) is 0 Å². The summed E-state index contributed by atoms with van der Waals surface area (Å²) in [7, 11) is 0. The minimum absolute atomic E-state index is 0.0723. The molecule has 0 radical (unpaired) electrons. The Hall–Kier alpha value is -1.50. The normalized spacial score (nSPS) is 22.4. The van der Waals surface area contributed by atoms with E-state index in [9.17, 15) is 9.18 Å². The molecule has 1 aromatic rings. The van der Waals surface area contributed by atoms with Crippen LogP contribution in [0.4, 0.5) is 4.39 Å². The molecule has 2 fully saturated rings. The van der Waals surface area contributed by atoms with Gasteiger partial charge in [-0.05, 0) is 17.7 Å². The summed E-state index contributed by atoms with van der Waals surface area (Å²) in [4.78, 5) is 14.3. The minimum Gasteiger partial charge on any atom is -0.375 e. The fraction of sp³-hybridized carbons (Fsp3) is 0.562. The number of nitrogens with one attached hydrogen (secondary N) is 2. The van der Waals surface area contributed by atoms with Crippen molar-refractivity contribution in [2.24, 2.45) is 0 Å². The van der Waals surface area contributed by atoms with Gasteiger partial charge in [0.1, 0.15) is 5.82 Å². The summed E-state index contributed by atoms with van der Waals surface area (Å²) >= 11 is 0. The largest absolute Gasteiger partial charge is 0.375 e. The Labute approximate surface area is 129 Å². The number of carbonyl (C=O) groups excluding carboxylic acids is 1. The summed E-state index contributed by atoms with van der Waals surface area (Å²) in [5.41, 5.74) is 0.838. The number of piperazine rings is 1. The molecule has 2 heterocycles. The molecule has 22 heavy (non-hydrogen) atoms. The zero-order chi connectivity index (χ0) is 15.4. The molecule has 0 aliphatic carbocycles. The number of amides is 1. The first-order valence-electron chi connectivity index (χ1n) is 7.82. The first kappa shape index (κ1) is 15.4. The third-order valence-corrected chi connectivity index (χ3v) is 4.21. The smallest absolute Gasteiger partial charge is 0.225 e. The van der Waals surface area contributed by atoms with E-state index in [0.717, 1.165) is 25.2 Å².